The molecular weight excluding hydrogens is 346 g/mol. The number of hydrogen-bond acceptors (Lipinski definition) is 7. The van der Waals surface area contributed by atoms with Gasteiger partial charge in [0.15, 0.2) is 28.8 Å². The number of aliphatic hydroxyl groups excluding tert-OH is 1. The summed E-state index contributed by atoms with van der Waals surface area (Å²) in [7, 11) is 1.50. The van der Waals surface area contributed by atoms with Crippen molar-refractivity contribution in [2.24, 2.45) is 0 Å². The number of aromatic hydroxyl groups is 1. The van der Waals surface area contributed by atoms with Crippen molar-refractivity contribution in [3.63, 3.8) is 0 Å². The number of aromatic nitrogens is 4. The minimum absolute atomic E-state index is 0. The fourth-order valence-corrected chi connectivity index (χ4v) is 2.42. The first-order valence-electron chi connectivity index (χ1n) is 7.48. The third-order valence-corrected chi connectivity index (χ3v) is 3.82. The summed E-state index contributed by atoms with van der Waals surface area (Å²) in [4.78, 5) is 13.0. The van der Waals surface area contributed by atoms with Gasteiger partial charge in [0.1, 0.15) is 5.82 Å². The highest BCUT2D eigenvalue weighted by molar-refractivity contribution is 5.85. The second kappa shape index (κ2) is 7.54. The van der Waals surface area contributed by atoms with Crippen LogP contribution in [0.5, 0.6) is 11.5 Å². The Morgan fingerprint density at radius 1 is 1.32 bits per heavy atom. The molecule has 134 valence electrons. The van der Waals surface area contributed by atoms with Gasteiger partial charge in [-0.3, -0.25) is 0 Å². The summed E-state index contributed by atoms with van der Waals surface area (Å²) in [6.45, 7) is 2.23. The smallest absolute Gasteiger partial charge is 0.166 e. The van der Waals surface area contributed by atoms with Gasteiger partial charge in [-0.25, -0.2) is 15.0 Å². The number of fused-ring (bicyclic) bond motifs is 1. The maximum Gasteiger partial charge on any atom is 0.166 e. The van der Waals surface area contributed by atoms with Crippen LogP contribution in [0.2, 0.25) is 0 Å². The second-order valence-electron chi connectivity index (χ2n) is 5.60. The molecule has 0 spiro atoms. The number of nitrogens with two attached hydrogens (primary N) is 1. The SMILES string of the molecule is COc1ccc(Cn2cnc(N)c3nc(C(C)CO)nc2-3)cc1O.Cl. The van der Waals surface area contributed by atoms with Gasteiger partial charge in [-0.05, 0) is 17.7 Å². The molecule has 2 aliphatic heterocycles. The Kier molecular flexibility index (Phi) is 5.66. The molecule has 0 radical (unpaired) electrons. The van der Waals surface area contributed by atoms with Crippen LogP contribution < -0.4 is 10.5 Å². The molecule has 0 fully saturated rings. The number of rotatable bonds is 5. The maximum absolute atomic E-state index is 9.91. The normalized spacial score (nSPS) is 12.0. The standard InChI is InChI=1S/C16H19N5O3.ClH/c1-9(7-22)15-19-13-14(17)18-8-21(16(13)20-15)6-10-3-4-12(24-2)11(23)5-10;/h3-5,8-9,22-23H,6-7,17H2,1-2H3;1H. The number of aliphatic hydroxyl groups is 1. The van der Waals surface area contributed by atoms with E-state index in [9.17, 15) is 10.2 Å². The second-order valence-corrected chi connectivity index (χ2v) is 5.60. The lowest BCUT2D eigenvalue weighted by atomic mass is 10.2. The molecule has 1 atom stereocenters. The van der Waals surface area contributed by atoms with Gasteiger partial charge < -0.3 is 25.3 Å². The Balaban J connectivity index is 0.00000225. The van der Waals surface area contributed by atoms with Crippen molar-refractivity contribution in [3.05, 3.63) is 35.9 Å². The highest BCUT2D eigenvalue weighted by Crippen LogP contribution is 2.29. The molecule has 1 aromatic carbocycles. The molecule has 3 rings (SSSR count). The first-order chi connectivity index (χ1) is 11.5. The van der Waals surface area contributed by atoms with E-state index in [2.05, 4.69) is 15.0 Å². The molecule has 0 aromatic heterocycles. The number of phenols is 1. The number of nitrogens with zero attached hydrogens (tertiary/aromatic N) is 4. The lowest BCUT2D eigenvalue weighted by Crippen LogP contribution is -2.09. The monoisotopic (exact) mass is 365 g/mol. The number of halogens is 1. The molecule has 0 saturated heterocycles. The van der Waals surface area contributed by atoms with Crippen LogP contribution in [-0.2, 0) is 6.54 Å². The summed E-state index contributed by atoms with van der Waals surface area (Å²) < 4.78 is 6.85. The molecule has 2 aliphatic rings. The number of phenolic OH excluding ortho intramolecular Hbond substituents is 1. The number of methoxy groups -OCH3 is 1. The summed E-state index contributed by atoms with van der Waals surface area (Å²) >= 11 is 0. The average Bonchev–Trinajstić information content (AvgIpc) is 3.03. The fraction of sp³-hybridized carbons (Fsp3) is 0.312. The molecule has 1 aromatic rings. The van der Waals surface area contributed by atoms with E-state index in [1.165, 1.54) is 7.11 Å². The molecule has 0 aliphatic carbocycles. The van der Waals surface area contributed by atoms with Gasteiger partial charge in [-0.15, -0.1) is 12.4 Å². The zero-order valence-electron chi connectivity index (χ0n) is 13.9. The first-order valence-corrected chi connectivity index (χ1v) is 7.48. The molecule has 0 amide bonds. The molecular formula is C16H20ClN5O3. The quantitative estimate of drug-likeness (QED) is 0.628. The Morgan fingerprint density at radius 2 is 2.08 bits per heavy atom. The van der Waals surface area contributed by atoms with Gasteiger partial charge in [0.2, 0.25) is 0 Å². The van der Waals surface area contributed by atoms with E-state index >= 15 is 0 Å². The van der Waals surface area contributed by atoms with Crippen LogP contribution >= 0.6 is 12.4 Å². The lowest BCUT2D eigenvalue weighted by molar-refractivity contribution is 0.269. The van der Waals surface area contributed by atoms with E-state index in [-0.39, 0.29) is 30.7 Å². The van der Waals surface area contributed by atoms with Crippen molar-refractivity contribution in [1.82, 2.24) is 19.5 Å². The molecule has 4 N–H and O–H groups in total. The van der Waals surface area contributed by atoms with E-state index in [0.29, 0.717) is 35.5 Å². The van der Waals surface area contributed by atoms with Crippen LogP contribution in [-0.4, -0.2) is 43.4 Å². The van der Waals surface area contributed by atoms with Crippen molar-refractivity contribution >= 4 is 18.2 Å². The van der Waals surface area contributed by atoms with Gasteiger partial charge in [0.05, 0.1) is 26.6 Å². The van der Waals surface area contributed by atoms with Gasteiger partial charge >= 0.3 is 0 Å². The molecule has 0 saturated carbocycles. The Bertz CT molecular complexity index is 839. The number of nitrogen functional groups attached to an aromatic ring is 1. The summed E-state index contributed by atoms with van der Waals surface area (Å²) in [6.07, 6.45) is 1.58. The summed E-state index contributed by atoms with van der Waals surface area (Å²) in [5.74, 6) is 1.71. The fourth-order valence-electron chi connectivity index (χ4n) is 2.42. The van der Waals surface area contributed by atoms with Crippen molar-refractivity contribution < 1.29 is 14.9 Å². The Labute approximate surface area is 151 Å². The third-order valence-electron chi connectivity index (χ3n) is 3.82. The number of benzene rings is 1. The number of hydrogen-bond donors (Lipinski definition) is 3. The van der Waals surface area contributed by atoms with Crippen LogP contribution in [0, 0.1) is 0 Å². The van der Waals surface area contributed by atoms with E-state index in [1.807, 2.05) is 13.0 Å². The zero-order chi connectivity index (χ0) is 17.3. The summed E-state index contributed by atoms with van der Waals surface area (Å²) in [5.41, 5.74) is 7.25. The van der Waals surface area contributed by atoms with Crippen LogP contribution in [0.1, 0.15) is 24.2 Å². The van der Waals surface area contributed by atoms with Gasteiger partial charge in [0, 0.05) is 5.92 Å². The number of anilines is 1. The molecule has 1 unspecified atom stereocenters. The topological polar surface area (TPSA) is 119 Å². The van der Waals surface area contributed by atoms with Crippen molar-refractivity contribution in [3.8, 4) is 23.0 Å². The predicted molar refractivity (Wildman–Crippen MR) is 95.4 cm³/mol. The van der Waals surface area contributed by atoms with Crippen molar-refractivity contribution in [2.45, 2.75) is 19.4 Å². The third kappa shape index (κ3) is 3.59. The van der Waals surface area contributed by atoms with Gasteiger partial charge in [-0.1, -0.05) is 13.0 Å². The van der Waals surface area contributed by atoms with Crippen LogP contribution in [0.4, 0.5) is 5.82 Å². The summed E-state index contributed by atoms with van der Waals surface area (Å²) in [5, 5.41) is 19.2. The highest BCUT2D eigenvalue weighted by atomic mass is 35.5. The van der Waals surface area contributed by atoms with Crippen LogP contribution in [0.25, 0.3) is 11.5 Å². The number of ether oxygens (including phenoxy) is 1. The molecule has 9 heteroatoms. The highest BCUT2D eigenvalue weighted by Gasteiger charge is 2.21. The largest absolute Gasteiger partial charge is 0.504 e. The van der Waals surface area contributed by atoms with E-state index < -0.39 is 0 Å². The molecule has 2 heterocycles. The van der Waals surface area contributed by atoms with E-state index in [0.717, 1.165) is 5.56 Å². The molecule has 8 nitrogen and oxygen atoms in total. The zero-order valence-corrected chi connectivity index (χ0v) is 14.7. The minimum atomic E-state index is -0.185. The van der Waals surface area contributed by atoms with E-state index in [1.54, 1.807) is 23.0 Å². The van der Waals surface area contributed by atoms with E-state index in [4.69, 9.17) is 10.5 Å². The average molecular weight is 366 g/mol. The molecule has 0 bridgehead atoms. The Morgan fingerprint density at radius 3 is 2.72 bits per heavy atom. The van der Waals surface area contributed by atoms with Crippen LogP contribution in [0.15, 0.2) is 24.5 Å². The lowest BCUT2D eigenvalue weighted by Gasteiger charge is -2.12. The van der Waals surface area contributed by atoms with Crippen molar-refractivity contribution in [1.29, 1.82) is 0 Å². The van der Waals surface area contributed by atoms with Crippen LogP contribution in [0.3, 0.4) is 0 Å². The predicted octanol–water partition coefficient (Wildman–Crippen LogP) is 1.64. The van der Waals surface area contributed by atoms with Gasteiger partial charge in [-0.2, -0.15) is 0 Å². The Hall–Kier alpha value is -2.58. The maximum atomic E-state index is 9.91. The summed E-state index contributed by atoms with van der Waals surface area (Å²) in [6, 6.07) is 5.17. The first kappa shape index (κ1) is 18.8. The minimum Gasteiger partial charge on any atom is -0.504 e. The molecule has 25 heavy (non-hydrogen) atoms. The number of imidazole rings is 1. The van der Waals surface area contributed by atoms with Crippen molar-refractivity contribution in [2.75, 3.05) is 19.5 Å². The van der Waals surface area contributed by atoms with Gasteiger partial charge in [0.25, 0.3) is 0 Å².